The van der Waals surface area contributed by atoms with E-state index in [2.05, 4.69) is 4.72 Å². The van der Waals surface area contributed by atoms with Gasteiger partial charge in [0.15, 0.2) is 0 Å². The van der Waals surface area contributed by atoms with E-state index >= 15 is 0 Å². The molecule has 0 aliphatic heterocycles. The molecular formula is C14H21FN2O2S. The Balaban J connectivity index is 2.18. The molecule has 0 saturated heterocycles. The van der Waals surface area contributed by atoms with Crippen LogP contribution in [-0.2, 0) is 10.0 Å². The van der Waals surface area contributed by atoms with Crippen LogP contribution >= 0.6 is 0 Å². The zero-order valence-corrected chi connectivity index (χ0v) is 12.4. The third-order valence-electron chi connectivity index (χ3n) is 3.96. The lowest BCUT2D eigenvalue weighted by Gasteiger charge is -2.28. The summed E-state index contributed by atoms with van der Waals surface area (Å²) < 4.78 is 40.9. The maximum absolute atomic E-state index is 13.7. The smallest absolute Gasteiger partial charge is 0.245 e. The highest BCUT2D eigenvalue weighted by Gasteiger charge is 2.28. The van der Waals surface area contributed by atoms with Crippen LogP contribution in [0.15, 0.2) is 23.1 Å². The van der Waals surface area contributed by atoms with Crippen LogP contribution in [0.4, 0.5) is 10.1 Å². The van der Waals surface area contributed by atoms with Gasteiger partial charge in [-0.1, -0.05) is 25.3 Å². The van der Waals surface area contributed by atoms with Gasteiger partial charge in [0, 0.05) is 6.04 Å². The fourth-order valence-corrected chi connectivity index (χ4v) is 4.35. The van der Waals surface area contributed by atoms with E-state index in [0.29, 0.717) is 5.92 Å². The topological polar surface area (TPSA) is 72.2 Å². The van der Waals surface area contributed by atoms with Crippen LogP contribution in [0.1, 0.15) is 39.0 Å². The number of rotatable bonds is 4. The lowest BCUT2D eigenvalue weighted by Crippen LogP contribution is -2.39. The molecule has 0 aromatic heterocycles. The summed E-state index contributed by atoms with van der Waals surface area (Å²) in [7, 11) is -3.92. The van der Waals surface area contributed by atoms with Crippen molar-refractivity contribution in [3.8, 4) is 0 Å². The van der Waals surface area contributed by atoms with Crippen molar-refractivity contribution < 1.29 is 12.8 Å². The maximum atomic E-state index is 13.7. The highest BCUT2D eigenvalue weighted by molar-refractivity contribution is 7.89. The first-order chi connectivity index (χ1) is 9.42. The summed E-state index contributed by atoms with van der Waals surface area (Å²) in [6, 6.07) is 3.69. The summed E-state index contributed by atoms with van der Waals surface area (Å²) in [5, 5.41) is 0. The number of nitrogens with one attached hydrogen (secondary N) is 1. The quantitative estimate of drug-likeness (QED) is 0.840. The number of hydrogen-bond donors (Lipinski definition) is 2. The Bertz CT molecular complexity index is 548. The molecule has 4 nitrogen and oxygen atoms in total. The molecule has 0 bridgehead atoms. The summed E-state index contributed by atoms with van der Waals surface area (Å²) in [5.41, 5.74) is 5.54. The molecule has 3 N–H and O–H groups in total. The van der Waals surface area contributed by atoms with Gasteiger partial charge in [-0.3, -0.25) is 0 Å². The lowest BCUT2D eigenvalue weighted by atomic mass is 9.85. The number of anilines is 1. The summed E-state index contributed by atoms with van der Waals surface area (Å²) in [4.78, 5) is -0.442. The minimum Gasteiger partial charge on any atom is -0.398 e. The van der Waals surface area contributed by atoms with Gasteiger partial charge in [0.05, 0.1) is 5.69 Å². The fourth-order valence-electron chi connectivity index (χ4n) is 2.84. The van der Waals surface area contributed by atoms with Gasteiger partial charge in [0.2, 0.25) is 10.0 Å². The van der Waals surface area contributed by atoms with E-state index < -0.39 is 20.7 Å². The molecule has 1 unspecified atom stereocenters. The Kier molecular flexibility index (Phi) is 4.65. The number of halogens is 1. The van der Waals surface area contributed by atoms with Crippen LogP contribution in [0.2, 0.25) is 0 Å². The zero-order chi connectivity index (χ0) is 14.8. The van der Waals surface area contributed by atoms with Gasteiger partial charge in [0.25, 0.3) is 0 Å². The maximum Gasteiger partial charge on any atom is 0.245 e. The first-order valence-corrected chi connectivity index (χ1v) is 8.46. The Hall–Kier alpha value is -1.14. The summed E-state index contributed by atoms with van der Waals surface area (Å²) in [5.74, 6) is -0.500. The predicted octanol–water partition coefficient (Wildman–Crippen LogP) is 2.66. The summed E-state index contributed by atoms with van der Waals surface area (Å²) in [6.45, 7) is 1.84. The molecule has 112 valence electrons. The third-order valence-corrected chi connectivity index (χ3v) is 5.61. The van der Waals surface area contributed by atoms with E-state index in [0.717, 1.165) is 31.7 Å². The van der Waals surface area contributed by atoms with E-state index in [4.69, 9.17) is 5.73 Å². The average Bonchev–Trinajstić information content (AvgIpc) is 2.38. The Morgan fingerprint density at radius 3 is 2.55 bits per heavy atom. The number of hydrogen-bond acceptors (Lipinski definition) is 3. The number of sulfonamides is 1. The van der Waals surface area contributed by atoms with Crippen molar-refractivity contribution in [3.63, 3.8) is 0 Å². The molecule has 6 heteroatoms. The molecule has 1 saturated carbocycles. The van der Waals surface area contributed by atoms with Gasteiger partial charge >= 0.3 is 0 Å². The Morgan fingerprint density at radius 1 is 1.30 bits per heavy atom. The normalized spacial score (nSPS) is 18.9. The van der Waals surface area contributed by atoms with Crippen LogP contribution < -0.4 is 10.5 Å². The van der Waals surface area contributed by atoms with Crippen LogP contribution in [0.3, 0.4) is 0 Å². The SMILES string of the molecule is CC(NS(=O)(=O)c1c(N)cccc1F)C1CCCCC1. The first kappa shape index (κ1) is 15.3. The zero-order valence-electron chi connectivity index (χ0n) is 11.6. The second kappa shape index (κ2) is 6.10. The molecule has 1 aromatic carbocycles. The van der Waals surface area contributed by atoms with Crippen molar-refractivity contribution in [1.29, 1.82) is 0 Å². The highest BCUT2D eigenvalue weighted by Crippen LogP contribution is 2.28. The third kappa shape index (κ3) is 3.30. The molecule has 1 atom stereocenters. The molecule has 2 rings (SSSR count). The van der Waals surface area contributed by atoms with E-state index in [1.54, 1.807) is 0 Å². The lowest BCUT2D eigenvalue weighted by molar-refractivity contribution is 0.303. The van der Waals surface area contributed by atoms with Gasteiger partial charge in [-0.25, -0.2) is 17.5 Å². The monoisotopic (exact) mass is 300 g/mol. The van der Waals surface area contributed by atoms with Gasteiger partial charge in [0.1, 0.15) is 10.7 Å². The van der Waals surface area contributed by atoms with Crippen molar-refractivity contribution >= 4 is 15.7 Å². The minimum atomic E-state index is -3.92. The van der Waals surface area contributed by atoms with E-state index in [9.17, 15) is 12.8 Å². The molecular weight excluding hydrogens is 279 g/mol. The van der Waals surface area contributed by atoms with Gasteiger partial charge < -0.3 is 5.73 Å². The second-order valence-electron chi connectivity index (χ2n) is 5.47. The Labute approximate surface area is 119 Å². The van der Waals surface area contributed by atoms with Crippen LogP contribution in [-0.4, -0.2) is 14.5 Å². The second-order valence-corrected chi connectivity index (χ2v) is 7.12. The van der Waals surface area contributed by atoms with Crippen molar-refractivity contribution in [3.05, 3.63) is 24.0 Å². The molecule has 0 spiro atoms. The first-order valence-electron chi connectivity index (χ1n) is 6.98. The highest BCUT2D eigenvalue weighted by atomic mass is 32.2. The summed E-state index contributed by atoms with van der Waals surface area (Å²) >= 11 is 0. The largest absolute Gasteiger partial charge is 0.398 e. The molecule has 0 radical (unpaired) electrons. The van der Waals surface area contributed by atoms with Gasteiger partial charge in [-0.2, -0.15) is 0 Å². The van der Waals surface area contributed by atoms with Crippen LogP contribution in [0.25, 0.3) is 0 Å². The number of benzene rings is 1. The molecule has 0 heterocycles. The molecule has 20 heavy (non-hydrogen) atoms. The van der Waals surface area contributed by atoms with E-state index in [1.165, 1.54) is 18.6 Å². The van der Waals surface area contributed by atoms with E-state index in [1.807, 2.05) is 6.92 Å². The summed E-state index contributed by atoms with van der Waals surface area (Å²) in [6.07, 6.45) is 5.47. The van der Waals surface area contributed by atoms with Crippen molar-refractivity contribution in [2.45, 2.75) is 50.0 Å². The standard InChI is InChI=1S/C14H21FN2O2S/c1-10(11-6-3-2-4-7-11)17-20(18,19)14-12(15)8-5-9-13(14)16/h5,8-11,17H,2-4,6-7,16H2,1H3. The minimum absolute atomic E-state index is 0.0617. The van der Waals surface area contributed by atoms with Crippen LogP contribution in [0, 0.1) is 11.7 Å². The van der Waals surface area contributed by atoms with Crippen molar-refractivity contribution in [1.82, 2.24) is 4.72 Å². The van der Waals surface area contributed by atoms with Crippen LogP contribution in [0.5, 0.6) is 0 Å². The molecule has 0 amide bonds. The average molecular weight is 300 g/mol. The van der Waals surface area contributed by atoms with Crippen molar-refractivity contribution in [2.75, 3.05) is 5.73 Å². The molecule has 1 aromatic rings. The van der Waals surface area contributed by atoms with E-state index in [-0.39, 0.29) is 11.7 Å². The molecule has 1 fully saturated rings. The number of nitrogen functional groups attached to an aromatic ring is 1. The molecule has 1 aliphatic rings. The van der Waals surface area contributed by atoms with Crippen molar-refractivity contribution in [2.24, 2.45) is 5.92 Å². The van der Waals surface area contributed by atoms with Gasteiger partial charge in [-0.05, 0) is 37.8 Å². The fraction of sp³-hybridized carbons (Fsp3) is 0.571. The Morgan fingerprint density at radius 2 is 1.95 bits per heavy atom. The number of nitrogens with two attached hydrogens (primary N) is 1. The predicted molar refractivity (Wildman–Crippen MR) is 77.2 cm³/mol. The van der Waals surface area contributed by atoms with Gasteiger partial charge in [-0.15, -0.1) is 0 Å². The molecule has 1 aliphatic carbocycles.